The molecule has 6 unspecified atom stereocenters. The van der Waals surface area contributed by atoms with E-state index in [0.29, 0.717) is 13.0 Å². The molecule has 1 rings (SSSR count). The van der Waals surface area contributed by atoms with E-state index in [1.807, 2.05) is 0 Å². The van der Waals surface area contributed by atoms with Gasteiger partial charge in [0.15, 0.2) is 6.29 Å². The average molecular weight is 855 g/mol. The second-order valence-electron chi connectivity index (χ2n) is 18.0. The molecule has 0 spiro atoms. The van der Waals surface area contributed by atoms with Gasteiger partial charge < -0.3 is 39.4 Å². The van der Waals surface area contributed by atoms with Crippen molar-refractivity contribution >= 4 is 5.97 Å². The second kappa shape index (κ2) is 43.2. The third kappa shape index (κ3) is 33.5. The number of rotatable bonds is 45. The molecule has 60 heavy (non-hydrogen) atoms. The highest BCUT2D eigenvalue weighted by molar-refractivity contribution is 5.69. The van der Waals surface area contributed by atoms with Gasteiger partial charge >= 0.3 is 5.97 Å². The highest BCUT2D eigenvalue weighted by Gasteiger charge is 2.44. The third-order valence-corrected chi connectivity index (χ3v) is 12.2. The maximum atomic E-state index is 12.8. The van der Waals surface area contributed by atoms with Crippen LogP contribution < -0.4 is 0 Å². The normalized spacial score (nSPS) is 20.0. The van der Waals surface area contributed by atoms with Crippen molar-refractivity contribution in [3.63, 3.8) is 0 Å². The van der Waals surface area contributed by atoms with Gasteiger partial charge in [-0.15, -0.1) is 0 Å². The zero-order chi connectivity index (χ0) is 43.6. The van der Waals surface area contributed by atoms with Gasteiger partial charge in [-0.2, -0.15) is 0 Å². The second-order valence-corrected chi connectivity index (χ2v) is 18.0. The molecule has 0 aromatic heterocycles. The number of carbonyl (C=O) groups is 1. The van der Waals surface area contributed by atoms with Gasteiger partial charge in [0.2, 0.25) is 0 Å². The van der Waals surface area contributed by atoms with Gasteiger partial charge in [0.1, 0.15) is 30.5 Å². The third-order valence-electron chi connectivity index (χ3n) is 12.2. The summed E-state index contributed by atoms with van der Waals surface area (Å²) < 4.78 is 22.9. The molecule has 9 nitrogen and oxygen atoms in total. The molecule has 0 aromatic carbocycles. The number of aliphatic hydroxyl groups is 4. The summed E-state index contributed by atoms with van der Waals surface area (Å²) in [5.41, 5.74) is 0. The summed E-state index contributed by atoms with van der Waals surface area (Å²) in [6.07, 6.45) is 42.4. The van der Waals surface area contributed by atoms with Crippen molar-refractivity contribution < 1.29 is 44.2 Å². The molecule has 1 fully saturated rings. The first kappa shape index (κ1) is 56.9. The van der Waals surface area contributed by atoms with Crippen LogP contribution in [0.1, 0.15) is 245 Å². The first-order chi connectivity index (χ1) is 29.4. The van der Waals surface area contributed by atoms with Crippen LogP contribution in [0.3, 0.4) is 0 Å². The Morgan fingerprint density at radius 2 is 0.917 bits per heavy atom. The lowest BCUT2D eigenvalue weighted by molar-refractivity contribution is -0.305. The lowest BCUT2D eigenvalue weighted by Gasteiger charge is -2.39. The molecular formula is C51H98O9. The SMILES string of the molecule is CCCCCCCCC/C=C\CCCCCCCCCC(=O)OC(COCCCCCCCCCCCCCCCCCCCCC)COC1OC(CO)C(O)C(O)C1O. The lowest BCUT2D eigenvalue weighted by Crippen LogP contribution is -2.59. The summed E-state index contributed by atoms with van der Waals surface area (Å²) in [7, 11) is 0. The van der Waals surface area contributed by atoms with E-state index in [1.54, 1.807) is 0 Å². The Labute approximate surface area is 369 Å². The molecule has 0 aromatic rings. The topological polar surface area (TPSA) is 135 Å². The van der Waals surface area contributed by atoms with Gasteiger partial charge in [0.25, 0.3) is 0 Å². The number of hydrogen-bond acceptors (Lipinski definition) is 9. The number of unbranched alkanes of at least 4 members (excludes halogenated alkanes) is 32. The van der Waals surface area contributed by atoms with Gasteiger partial charge in [-0.1, -0.05) is 212 Å². The molecular weight excluding hydrogens is 757 g/mol. The van der Waals surface area contributed by atoms with Crippen LogP contribution in [-0.2, 0) is 23.7 Å². The predicted molar refractivity (Wildman–Crippen MR) is 247 cm³/mol. The fourth-order valence-corrected chi connectivity index (χ4v) is 8.14. The molecule has 356 valence electrons. The van der Waals surface area contributed by atoms with Crippen molar-refractivity contribution in [1.29, 1.82) is 0 Å². The molecule has 4 N–H and O–H groups in total. The first-order valence-electron chi connectivity index (χ1n) is 25.8. The first-order valence-corrected chi connectivity index (χ1v) is 25.8. The molecule has 0 aliphatic carbocycles. The van der Waals surface area contributed by atoms with Crippen LogP contribution in [0.2, 0.25) is 0 Å². The fraction of sp³-hybridized carbons (Fsp3) is 0.941. The van der Waals surface area contributed by atoms with Crippen LogP contribution in [0.5, 0.6) is 0 Å². The quantitative estimate of drug-likeness (QED) is 0.0268. The highest BCUT2D eigenvalue weighted by Crippen LogP contribution is 2.23. The standard InChI is InChI=1S/C51H98O9/c1-3-5-7-9-11-13-15-17-19-21-23-25-27-29-31-33-35-37-39-41-57-43-45(44-58-51-50(56)49(55)48(54)46(42-52)60-51)59-47(53)40-38-36-34-32-30-28-26-24-22-20-18-16-14-12-10-8-6-4-2/h20,22,45-46,48-52,54-56H,3-19,21,23-44H2,1-2H3/b22-20-. The zero-order valence-corrected chi connectivity index (χ0v) is 39.2. The van der Waals surface area contributed by atoms with Crippen LogP contribution in [0.25, 0.3) is 0 Å². The molecule has 0 bridgehead atoms. The zero-order valence-electron chi connectivity index (χ0n) is 39.2. The number of carbonyl (C=O) groups excluding carboxylic acids is 1. The Bertz CT molecular complexity index is 930. The van der Waals surface area contributed by atoms with Crippen LogP contribution in [0.4, 0.5) is 0 Å². The molecule has 9 heteroatoms. The van der Waals surface area contributed by atoms with E-state index in [1.165, 1.54) is 193 Å². The van der Waals surface area contributed by atoms with E-state index in [0.717, 1.165) is 32.1 Å². The monoisotopic (exact) mass is 855 g/mol. The molecule has 6 atom stereocenters. The van der Waals surface area contributed by atoms with Gasteiger partial charge in [0, 0.05) is 13.0 Å². The van der Waals surface area contributed by atoms with Crippen molar-refractivity contribution in [3.05, 3.63) is 12.2 Å². The van der Waals surface area contributed by atoms with Crippen molar-refractivity contribution in [2.45, 2.75) is 282 Å². The minimum atomic E-state index is -1.53. The lowest BCUT2D eigenvalue weighted by atomic mass is 9.99. The van der Waals surface area contributed by atoms with E-state index >= 15 is 0 Å². The van der Waals surface area contributed by atoms with Crippen molar-refractivity contribution in [3.8, 4) is 0 Å². The average Bonchev–Trinajstić information content (AvgIpc) is 3.25. The fourth-order valence-electron chi connectivity index (χ4n) is 8.14. The van der Waals surface area contributed by atoms with E-state index in [2.05, 4.69) is 26.0 Å². The molecule has 0 amide bonds. The van der Waals surface area contributed by atoms with Crippen molar-refractivity contribution in [2.75, 3.05) is 26.4 Å². The number of ether oxygens (including phenoxy) is 4. The molecule has 1 heterocycles. The number of hydrogen-bond donors (Lipinski definition) is 4. The maximum Gasteiger partial charge on any atom is 0.306 e. The Balaban J connectivity index is 2.19. The Morgan fingerprint density at radius 1 is 0.517 bits per heavy atom. The Morgan fingerprint density at radius 3 is 1.35 bits per heavy atom. The number of esters is 1. The minimum absolute atomic E-state index is 0.109. The summed E-state index contributed by atoms with van der Waals surface area (Å²) in [6.45, 7) is 4.61. The van der Waals surface area contributed by atoms with E-state index in [-0.39, 0.29) is 19.2 Å². The number of allylic oxidation sites excluding steroid dienone is 2. The minimum Gasteiger partial charge on any atom is -0.457 e. The molecule has 1 saturated heterocycles. The van der Waals surface area contributed by atoms with Crippen LogP contribution >= 0.6 is 0 Å². The summed E-state index contributed by atoms with van der Waals surface area (Å²) in [6, 6.07) is 0. The molecule has 1 aliphatic rings. The van der Waals surface area contributed by atoms with Crippen molar-refractivity contribution in [2.24, 2.45) is 0 Å². The summed E-state index contributed by atoms with van der Waals surface area (Å²) in [5, 5.41) is 40.2. The number of aliphatic hydroxyl groups excluding tert-OH is 4. The molecule has 0 saturated carbocycles. The Kier molecular flexibility index (Phi) is 41.0. The van der Waals surface area contributed by atoms with Crippen LogP contribution in [0, 0.1) is 0 Å². The van der Waals surface area contributed by atoms with E-state index in [9.17, 15) is 25.2 Å². The van der Waals surface area contributed by atoms with Crippen molar-refractivity contribution in [1.82, 2.24) is 0 Å². The van der Waals surface area contributed by atoms with Crippen LogP contribution in [0.15, 0.2) is 12.2 Å². The van der Waals surface area contributed by atoms with Gasteiger partial charge in [-0.25, -0.2) is 0 Å². The van der Waals surface area contributed by atoms with Crippen LogP contribution in [-0.4, -0.2) is 89.6 Å². The van der Waals surface area contributed by atoms with E-state index in [4.69, 9.17) is 18.9 Å². The summed E-state index contributed by atoms with van der Waals surface area (Å²) in [5.74, 6) is -0.312. The van der Waals surface area contributed by atoms with Gasteiger partial charge in [0.05, 0.1) is 19.8 Å². The maximum absolute atomic E-state index is 12.8. The highest BCUT2D eigenvalue weighted by atomic mass is 16.7. The molecule has 1 aliphatic heterocycles. The molecule has 0 radical (unpaired) electrons. The smallest absolute Gasteiger partial charge is 0.306 e. The predicted octanol–water partition coefficient (Wildman–Crippen LogP) is 12.4. The summed E-state index contributed by atoms with van der Waals surface area (Å²) >= 11 is 0. The van der Waals surface area contributed by atoms with Gasteiger partial charge in [-0.05, 0) is 38.5 Å². The summed E-state index contributed by atoms with van der Waals surface area (Å²) in [4.78, 5) is 12.8. The Hall–Kier alpha value is -1.07. The largest absolute Gasteiger partial charge is 0.457 e. The van der Waals surface area contributed by atoms with Gasteiger partial charge in [-0.3, -0.25) is 4.79 Å². The van der Waals surface area contributed by atoms with E-state index < -0.39 is 43.4 Å².